The Kier molecular flexibility index (Phi) is 5.25. The fourth-order valence-electron chi connectivity index (χ4n) is 3.00. The van der Waals surface area contributed by atoms with E-state index in [1.165, 1.54) is 0 Å². The number of hydrogen-bond donors (Lipinski definition) is 1. The van der Waals surface area contributed by atoms with E-state index in [9.17, 15) is 4.79 Å². The molecule has 126 valence electrons. The number of carbonyl (C=O) groups excluding carboxylic acids is 1. The molecule has 0 aliphatic carbocycles. The van der Waals surface area contributed by atoms with Crippen LogP contribution >= 0.6 is 11.6 Å². The summed E-state index contributed by atoms with van der Waals surface area (Å²) < 4.78 is 16.8. The van der Waals surface area contributed by atoms with Crippen LogP contribution in [0.3, 0.4) is 0 Å². The van der Waals surface area contributed by atoms with Crippen molar-refractivity contribution in [3.63, 3.8) is 0 Å². The summed E-state index contributed by atoms with van der Waals surface area (Å²) in [6, 6.07) is 3.75. The van der Waals surface area contributed by atoms with Crippen molar-refractivity contribution in [1.29, 1.82) is 0 Å². The minimum absolute atomic E-state index is 0.155. The van der Waals surface area contributed by atoms with Gasteiger partial charge in [-0.25, -0.2) is 0 Å². The molecule has 1 aromatic carbocycles. The van der Waals surface area contributed by atoms with E-state index in [1.807, 2.05) is 17.0 Å². The summed E-state index contributed by atoms with van der Waals surface area (Å²) in [4.78, 5) is 13.3. The smallest absolute Gasteiger partial charge is 0.231 e. The molecule has 0 aromatic heterocycles. The molecule has 0 spiro atoms. The summed E-state index contributed by atoms with van der Waals surface area (Å²) in [7, 11) is 0. The maximum Gasteiger partial charge on any atom is 0.231 e. The molecule has 1 amide bonds. The minimum Gasteiger partial charge on any atom is -0.486 e. The van der Waals surface area contributed by atoms with Gasteiger partial charge >= 0.3 is 0 Å². The van der Waals surface area contributed by atoms with Crippen LogP contribution in [0.1, 0.15) is 18.4 Å². The predicted octanol–water partition coefficient (Wildman–Crippen LogP) is 1.58. The molecule has 23 heavy (non-hydrogen) atoms. The number of halogens is 1. The van der Waals surface area contributed by atoms with Gasteiger partial charge in [-0.05, 0) is 30.5 Å². The first kappa shape index (κ1) is 16.4. The third kappa shape index (κ3) is 4.28. The molecule has 0 saturated carbocycles. The van der Waals surface area contributed by atoms with Crippen LogP contribution < -0.4 is 15.2 Å². The molecule has 2 aliphatic rings. The van der Waals surface area contributed by atoms with Gasteiger partial charge in [0.25, 0.3) is 0 Å². The van der Waals surface area contributed by atoms with Crippen LogP contribution in [0.15, 0.2) is 12.1 Å². The highest BCUT2D eigenvalue weighted by Crippen LogP contribution is 2.38. The lowest BCUT2D eigenvalue weighted by molar-refractivity contribution is -0.119. The number of ether oxygens (including phenoxy) is 3. The minimum atomic E-state index is -0.355. The van der Waals surface area contributed by atoms with Crippen LogP contribution in [0, 0.1) is 0 Å². The van der Waals surface area contributed by atoms with Crippen molar-refractivity contribution < 1.29 is 19.0 Å². The molecule has 1 fully saturated rings. The van der Waals surface area contributed by atoms with E-state index in [0.717, 1.165) is 25.0 Å². The Balaban J connectivity index is 1.73. The zero-order chi connectivity index (χ0) is 16.2. The number of carbonyl (C=O) groups is 1. The molecule has 1 aromatic rings. The van der Waals surface area contributed by atoms with Crippen LogP contribution in [0.25, 0.3) is 0 Å². The largest absolute Gasteiger partial charge is 0.486 e. The third-order valence-electron chi connectivity index (χ3n) is 3.93. The Labute approximate surface area is 140 Å². The molecule has 2 heterocycles. The second kappa shape index (κ2) is 7.38. The summed E-state index contributed by atoms with van der Waals surface area (Å²) in [6.45, 7) is 3.21. The summed E-state index contributed by atoms with van der Waals surface area (Å²) in [5, 5.41) is 0.522. The van der Waals surface area contributed by atoms with Gasteiger partial charge in [0.2, 0.25) is 5.91 Å². The lowest BCUT2D eigenvalue weighted by Crippen LogP contribution is -2.38. The first-order valence-corrected chi connectivity index (χ1v) is 8.20. The van der Waals surface area contributed by atoms with E-state index in [1.54, 1.807) is 0 Å². The Morgan fingerprint density at radius 3 is 2.87 bits per heavy atom. The highest BCUT2D eigenvalue weighted by atomic mass is 35.5. The van der Waals surface area contributed by atoms with Gasteiger partial charge in [0.05, 0.1) is 17.7 Å². The monoisotopic (exact) mass is 340 g/mol. The number of primary amides is 1. The van der Waals surface area contributed by atoms with E-state index in [2.05, 4.69) is 0 Å². The van der Waals surface area contributed by atoms with Gasteiger partial charge in [-0.15, -0.1) is 0 Å². The second-order valence-electron chi connectivity index (χ2n) is 5.87. The zero-order valence-electron chi connectivity index (χ0n) is 12.9. The molecular weight excluding hydrogens is 320 g/mol. The van der Waals surface area contributed by atoms with Gasteiger partial charge in [-0.1, -0.05) is 11.6 Å². The van der Waals surface area contributed by atoms with E-state index >= 15 is 0 Å². The Morgan fingerprint density at radius 1 is 1.30 bits per heavy atom. The number of nitrogens with two attached hydrogens (primary N) is 1. The average molecular weight is 341 g/mol. The van der Waals surface area contributed by atoms with Crippen molar-refractivity contribution in [1.82, 2.24) is 4.90 Å². The first-order valence-electron chi connectivity index (χ1n) is 7.82. The van der Waals surface area contributed by atoms with Crippen molar-refractivity contribution in [3.05, 3.63) is 22.7 Å². The standard InChI is InChI=1S/C16H21ClN2O4/c17-13-6-11(7-14-16(13)23-5-4-22-14)8-19(10-15(18)20)9-12-2-1-3-21-12/h6-7,12H,1-5,8-10H2,(H2,18,20)/t12-/m1/s1. The normalized spacial score (nSPS) is 20.0. The number of benzene rings is 1. The zero-order valence-corrected chi connectivity index (χ0v) is 13.7. The molecule has 6 nitrogen and oxygen atoms in total. The van der Waals surface area contributed by atoms with Crippen LogP contribution in [0.4, 0.5) is 0 Å². The molecule has 1 saturated heterocycles. The van der Waals surface area contributed by atoms with Gasteiger partial charge in [0.15, 0.2) is 11.5 Å². The highest BCUT2D eigenvalue weighted by molar-refractivity contribution is 6.32. The molecule has 0 unspecified atom stereocenters. The van der Waals surface area contributed by atoms with Crippen LogP contribution in [0.2, 0.25) is 5.02 Å². The topological polar surface area (TPSA) is 74.0 Å². The highest BCUT2D eigenvalue weighted by Gasteiger charge is 2.22. The Bertz CT molecular complexity index is 575. The summed E-state index contributed by atoms with van der Waals surface area (Å²) >= 11 is 6.27. The summed E-state index contributed by atoms with van der Waals surface area (Å²) in [5.74, 6) is 0.878. The fraction of sp³-hybridized carbons (Fsp3) is 0.562. The van der Waals surface area contributed by atoms with Crippen molar-refractivity contribution in [2.24, 2.45) is 5.73 Å². The average Bonchev–Trinajstić information content (AvgIpc) is 2.99. The summed E-state index contributed by atoms with van der Waals surface area (Å²) in [6.07, 6.45) is 2.23. The molecule has 3 rings (SSSR count). The molecule has 2 N–H and O–H groups in total. The SMILES string of the molecule is NC(=O)CN(Cc1cc(Cl)c2c(c1)OCCO2)C[C@H]1CCCO1. The van der Waals surface area contributed by atoms with Crippen molar-refractivity contribution in [3.8, 4) is 11.5 Å². The van der Waals surface area contributed by atoms with E-state index in [-0.39, 0.29) is 18.6 Å². The van der Waals surface area contributed by atoms with Gasteiger partial charge in [-0.3, -0.25) is 9.69 Å². The molecule has 1 atom stereocenters. The molecular formula is C16H21ClN2O4. The molecule has 0 radical (unpaired) electrons. The van der Waals surface area contributed by atoms with E-state index < -0.39 is 0 Å². The fourth-order valence-corrected chi connectivity index (χ4v) is 3.28. The van der Waals surface area contributed by atoms with E-state index in [4.69, 9.17) is 31.5 Å². The maximum atomic E-state index is 11.3. The van der Waals surface area contributed by atoms with Crippen LogP contribution in [0.5, 0.6) is 11.5 Å². The second-order valence-corrected chi connectivity index (χ2v) is 6.28. The number of amides is 1. The van der Waals surface area contributed by atoms with E-state index in [0.29, 0.717) is 42.8 Å². The Morgan fingerprint density at radius 2 is 2.13 bits per heavy atom. The van der Waals surface area contributed by atoms with Crippen molar-refractivity contribution in [2.75, 3.05) is 32.9 Å². The van der Waals surface area contributed by atoms with Gasteiger partial charge in [0, 0.05) is 19.7 Å². The molecule has 7 heteroatoms. The van der Waals surface area contributed by atoms with Crippen molar-refractivity contribution >= 4 is 17.5 Å². The van der Waals surface area contributed by atoms with Gasteiger partial charge in [0.1, 0.15) is 13.2 Å². The number of rotatable bonds is 6. The van der Waals surface area contributed by atoms with Gasteiger partial charge in [-0.2, -0.15) is 0 Å². The lowest BCUT2D eigenvalue weighted by Gasteiger charge is -2.25. The maximum absolute atomic E-state index is 11.3. The summed E-state index contributed by atoms with van der Waals surface area (Å²) in [5.41, 5.74) is 6.33. The third-order valence-corrected chi connectivity index (χ3v) is 4.21. The predicted molar refractivity (Wildman–Crippen MR) is 85.9 cm³/mol. The molecule has 2 aliphatic heterocycles. The first-order chi connectivity index (χ1) is 11.1. The number of hydrogen-bond acceptors (Lipinski definition) is 5. The van der Waals surface area contributed by atoms with Crippen LogP contribution in [-0.4, -0.2) is 49.8 Å². The molecule has 0 bridgehead atoms. The van der Waals surface area contributed by atoms with Gasteiger partial charge < -0.3 is 19.9 Å². The quantitative estimate of drug-likeness (QED) is 0.851. The van der Waals surface area contributed by atoms with Crippen molar-refractivity contribution in [2.45, 2.75) is 25.5 Å². The number of nitrogens with zero attached hydrogens (tertiary/aromatic N) is 1. The Hall–Kier alpha value is -1.50. The van der Waals surface area contributed by atoms with Crippen LogP contribution in [-0.2, 0) is 16.1 Å². The number of fused-ring (bicyclic) bond motifs is 1. The lowest BCUT2D eigenvalue weighted by atomic mass is 10.1.